The van der Waals surface area contributed by atoms with Gasteiger partial charge in [-0.15, -0.1) is 0 Å². The zero-order valence-electron chi connectivity index (χ0n) is 5.19. The second kappa shape index (κ2) is 2.91. The second-order valence-electron chi connectivity index (χ2n) is 1.87. The molecule has 0 atom stereocenters. The van der Waals surface area contributed by atoms with Gasteiger partial charge >= 0.3 is 0 Å². The Kier molecular flexibility index (Phi) is 2.30. The summed E-state index contributed by atoms with van der Waals surface area (Å²) in [6, 6.07) is 2.11. The highest BCUT2D eigenvalue weighted by molar-refractivity contribution is 6.46. The van der Waals surface area contributed by atoms with Crippen molar-refractivity contribution in [2.45, 2.75) is 4.59 Å². The van der Waals surface area contributed by atoms with Crippen LogP contribution in [0.25, 0.3) is 0 Å². The SMILES string of the molecule is Fc1ccc(C(F)(Cl)Cl)cn1. The van der Waals surface area contributed by atoms with Crippen molar-refractivity contribution in [2.75, 3.05) is 0 Å². The molecule has 1 nitrogen and oxygen atoms in total. The molecule has 0 aliphatic heterocycles. The zero-order valence-corrected chi connectivity index (χ0v) is 6.70. The predicted octanol–water partition coefficient (Wildman–Crippen LogP) is 2.78. The van der Waals surface area contributed by atoms with Crippen molar-refractivity contribution < 1.29 is 8.78 Å². The molecule has 0 radical (unpaired) electrons. The highest BCUT2D eigenvalue weighted by Gasteiger charge is 2.25. The van der Waals surface area contributed by atoms with Crippen LogP contribution in [0.4, 0.5) is 8.78 Å². The van der Waals surface area contributed by atoms with Crippen LogP contribution in [0.2, 0.25) is 0 Å². The summed E-state index contributed by atoms with van der Waals surface area (Å²) in [5, 5.41) is 0. The molecule has 0 saturated heterocycles. The molecule has 0 N–H and O–H groups in total. The summed E-state index contributed by atoms with van der Waals surface area (Å²) < 4.78 is 22.3. The number of pyridine rings is 1. The van der Waals surface area contributed by atoms with Gasteiger partial charge in [-0.25, -0.2) is 9.37 Å². The Balaban J connectivity index is 2.99. The first-order valence-corrected chi connectivity index (χ1v) is 3.44. The molecule has 1 heterocycles. The smallest absolute Gasteiger partial charge is 0.228 e. The standard InChI is InChI=1S/C6H3Cl2F2N/c7-6(8,10)4-1-2-5(9)11-3-4/h1-3H. The lowest BCUT2D eigenvalue weighted by Gasteiger charge is -2.07. The molecule has 0 fully saturated rings. The first kappa shape index (κ1) is 8.68. The van der Waals surface area contributed by atoms with Gasteiger partial charge in [-0.1, -0.05) is 23.2 Å². The van der Waals surface area contributed by atoms with Gasteiger partial charge < -0.3 is 0 Å². The molecule has 0 bridgehead atoms. The van der Waals surface area contributed by atoms with E-state index >= 15 is 0 Å². The third-order valence-corrected chi connectivity index (χ3v) is 1.49. The Morgan fingerprint density at radius 3 is 2.36 bits per heavy atom. The molecule has 0 aromatic carbocycles. The Hall–Kier alpha value is -0.410. The molecule has 1 aromatic heterocycles. The Labute approximate surface area is 72.0 Å². The molecule has 1 aromatic rings. The highest BCUT2D eigenvalue weighted by Crippen LogP contribution is 2.34. The lowest BCUT2D eigenvalue weighted by Crippen LogP contribution is -2.02. The first-order valence-electron chi connectivity index (χ1n) is 2.69. The summed E-state index contributed by atoms with van der Waals surface area (Å²) >= 11 is 10.1. The zero-order chi connectivity index (χ0) is 8.48. The summed E-state index contributed by atoms with van der Waals surface area (Å²) in [7, 11) is 0. The van der Waals surface area contributed by atoms with E-state index in [-0.39, 0.29) is 5.56 Å². The minimum atomic E-state index is -2.50. The maximum Gasteiger partial charge on any atom is 0.284 e. The highest BCUT2D eigenvalue weighted by atomic mass is 35.5. The van der Waals surface area contributed by atoms with E-state index in [1.807, 2.05) is 0 Å². The first-order chi connectivity index (χ1) is 5.00. The third kappa shape index (κ3) is 2.27. The van der Waals surface area contributed by atoms with Gasteiger partial charge in [-0.05, 0) is 12.1 Å². The fourth-order valence-electron chi connectivity index (χ4n) is 0.544. The summed E-state index contributed by atoms with van der Waals surface area (Å²) in [5.41, 5.74) is -0.0813. The van der Waals surface area contributed by atoms with Crippen LogP contribution in [0, 0.1) is 5.95 Å². The average molecular weight is 198 g/mol. The minimum Gasteiger partial charge on any atom is -0.228 e. The van der Waals surface area contributed by atoms with Gasteiger partial charge in [0.15, 0.2) is 0 Å². The molecule has 0 aliphatic carbocycles. The Bertz CT molecular complexity index is 242. The van der Waals surface area contributed by atoms with Crippen LogP contribution in [0.3, 0.4) is 0 Å². The second-order valence-corrected chi connectivity index (χ2v) is 3.10. The predicted molar refractivity (Wildman–Crippen MR) is 38.7 cm³/mol. The largest absolute Gasteiger partial charge is 0.284 e. The molecular weight excluding hydrogens is 195 g/mol. The maximum absolute atomic E-state index is 12.6. The number of hydrogen-bond acceptors (Lipinski definition) is 1. The summed E-state index contributed by atoms with van der Waals surface area (Å²) in [6.45, 7) is 0. The van der Waals surface area contributed by atoms with Crippen LogP contribution in [0.1, 0.15) is 5.56 Å². The molecule has 0 unspecified atom stereocenters. The van der Waals surface area contributed by atoms with Crippen molar-refractivity contribution in [3.05, 3.63) is 29.8 Å². The molecular formula is C6H3Cl2F2N. The van der Waals surface area contributed by atoms with Gasteiger partial charge in [-0.2, -0.15) is 4.39 Å². The molecule has 0 saturated carbocycles. The molecule has 0 amide bonds. The van der Waals surface area contributed by atoms with Crippen molar-refractivity contribution in [3.8, 4) is 0 Å². The van der Waals surface area contributed by atoms with E-state index < -0.39 is 10.5 Å². The number of alkyl halides is 3. The van der Waals surface area contributed by atoms with Gasteiger partial charge in [0.25, 0.3) is 4.59 Å². The number of rotatable bonds is 1. The van der Waals surface area contributed by atoms with E-state index in [9.17, 15) is 8.78 Å². The molecule has 11 heavy (non-hydrogen) atoms. The monoisotopic (exact) mass is 197 g/mol. The summed E-state index contributed by atoms with van der Waals surface area (Å²) in [4.78, 5) is 3.17. The van der Waals surface area contributed by atoms with E-state index in [0.29, 0.717) is 0 Å². The summed E-state index contributed by atoms with van der Waals surface area (Å²) in [5.74, 6) is -0.702. The van der Waals surface area contributed by atoms with Crippen molar-refractivity contribution >= 4 is 23.2 Å². The molecule has 0 spiro atoms. The third-order valence-electron chi connectivity index (χ3n) is 1.05. The van der Waals surface area contributed by atoms with Crippen molar-refractivity contribution in [1.29, 1.82) is 0 Å². The fourth-order valence-corrected chi connectivity index (χ4v) is 0.767. The van der Waals surface area contributed by atoms with Gasteiger partial charge in [-0.3, -0.25) is 0 Å². The topological polar surface area (TPSA) is 12.9 Å². The summed E-state index contributed by atoms with van der Waals surface area (Å²) in [6.07, 6.45) is 0.940. The Morgan fingerprint density at radius 2 is 2.00 bits per heavy atom. The van der Waals surface area contributed by atoms with Crippen molar-refractivity contribution in [2.24, 2.45) is 0 Å². The molecule has 1 rings (SSSR count). The minimum absolute atomic E-state index is 0.0813. The van der Waals surface area contributed by atoms with E-state index in [2.05, 4.69) is 4.98 Å². The number of aromatic nitrogens is 1. The van der Waals surface area contributed by atoms with E-state index in [1.54, 1.807) is 0 Å². The van der Waals surface area contributed by atoms with Crippen LogP contribution >= 0.6 is 23.2 Å². The molecule has 60 valence electrons. The van der Waals surface area contributed by atoms with Crippen LogP contribution in [-0.4, -0.2) is 4.98 Å². The van der Waals surface area contributed by atoms with Crippen LogP contribution < -0.4 is 0 Å². The molecule has 5 heteroatoms. The fraction of sp³-hybridized carbons (Fsp3) is 0.167. The average Bonchev–Trinajstić information content (AvgIpc) is 1.86. The Morgan fingerprint density at radius 1 is 1.36 bits per heavy atom. The maximum atomic E-state index is 12.6. The number of hydrogen-bond donors (Lipinski definition) is 0. The van der Waals surface area contributed by atoms with E-state index in [1.165, 1.54) is 0 Å². The number of halogens is 4. The van der Waals surface area contributed by atoms with Crippen molar-refractivity contribution in [3.63, 3.8) is 0 Å². The van der Waals surface area contributed by atoms with Crippen LogP contribution in [-0.2, 0) is 4.59 Å². The van der Waals surface area contributed by atoms with Gasteiger partial charge in [0.1, 0.15) is 0 Å². The van der Waals surface area contributed by atoms with Gasteiger partial charge in [0.2, 0.25) is 5.95 Å². The lowest BCUT2D eigenvalue weighted by molar-refractivity contribution is 0.403. The van der Waals surface area contributed by atoms with Gasteiger partial charge in [0.05, 0.1) is 0 Å². The quantitative estimate of drug-likeness (QED) is 0.499. The number of nitrogens with zero attached hydrogens (tertiary/aromatic N) is 1. The van der Waals surface area contributed by atoms with E-state index in [0.717, 1.165) is 18.3 Å². The molecule has 0 aliphatic rings. The van der Waals surface area contributed by atoms with Crippen LogP contribution in [0.15, 0.2) is 18.3 Å². The van der Waals surface area contributed by atoms with Gasteiger partial charge in [0, 0.05) is 11.8 Å². The van der Waals surface area contributed by atoms with Crippen molar-refractivity contribution in [1.82, 2.24) is 4.98 Å². The van der Waals surface area contributed by atoms with Crippen LogP contribution in [0.5, 0.6) is 0 Å². The normalized spacial score (nSPS) is 11.6. The van der Waals surface area contributed by atoms with E-state index in [4.69, 9.17) is 23.2 Å². The lowest BCUT2D eigenvalue weighted by atomic mass is 10.3.